The van der Waals surface area contributed by atoms with Gasteiger partial charge in [-0.05, 0) is 40.6 Å². The number of hydrogen-bond donors (Lipinski definition) is 1. The van der Waals surface area contributed by atoms with Gasteiger partial charge in [-0.15, -0.1) is 11.3 Å². The molecule has 19 heavy (non-hydrogen) atoms. The van der Waals surface area contributed by atoms with Crippen LogP contribution < -0.4 is 5.32 Å². The number of thiophene rings is 1. The molecule has 0 saturated carbocycles. The summed E-state index contributed by atoms with van der Waals surface area (Å²) in [5.74, 6) is 0. The third-order valence-electron chi connectivity index (χ3n) is 2.96. The van der Waals surface area contributed by atoms with Gasteiger partial charge in [-0.25, -0.2) is 0 Å². The lowest BCUT2D eigenvalue weighted by Crippen LogP contribution is -1.99. The van der Waals surface area contributed by atoms with E-state index in [4.69, 9.17) is 11.6 Å². The molecule has 0 aliphatic heterocycles. The summed E-state index contributed by atoms with van der Waals surface area (Å²) in [5.41, 5.74) is 2.25. The van der Waals surface area contributed by atoms with Gasteiger partial charge in [0.25, 0.3) is 0 Å². The molecule has 1 aromatic heterocycles. The molecule has 1 N–H and O–H groups in total. The zero-order chi connectivity index (χ0) is 13.2. The van der Waals surface area contributed by atoms with E-state index in [9.17, 15) is 0 Å². The number of nitrogens with one attached hydrogen (secondary N) is 1. The molecule has 2 aromatic carbocycles. The molecule has 0 radical (unpaired) electrons. The minimum Gasteiger partial charge on any atom is -0.380 e. The zero-order valence-corrected chi connectivity index (χ0v) is 13.1. The van der Waals surface area contributed by atoms with Crippen LogP contribution in [0.3, 0.4) is 0 Å². The van der Waals surface area contributed by atoms with Gasteiger partial charge in [-0.1, -0.05) is 45.7 Å². The Morgan fingerprint density at radius 1 is 1.16 bits per heavy atom. The van der Waals surface area contributed by atoms with Gasteiger partial charge in [0.05, 0.1) is 10.7 Å². The number of hydrogen-bond acceptors (Lipinski definition) is 2. The third-order valence-corrected chi connectivity index (χ3v) is 4.79. The second-order valence-corrected chi connectivity index (χ2v) is 6.47. The minimum absolute atomic E-state index is 0.739. The summed E-state index contributed by atoms with van der Waals surface area (Å²) in [6.07, 6.45) is 0. The standard InChI is InChI=1S/C15H11BrClNS/c16-11-5-6-13(17)14(7-11)18-8-10-9-19-15-4-2-1-3-12(10)15/h1-7,9,18H,8H2. The van der Waals surface area contributed by atoms with E-state index >= 15 is 0 Å². The van der Waals surface area contributed by atoms with E-state index in [0.717, 1.165) is 21.7 Å². The van der Waals surface area contributed by atoms with E-state index in [-0.39, 0.29) is 0 Å². The van der Waals surface area contributed by atoms with Gasteiger partial charge in [0, 0.05) is 15.7 Å². The lowest BCUT2D eigenvalue weighted by molar-refractivity contribution is 1.18. The largest absolute Gasteiger partial charge is 0.380 e. The monoisotopic (exact) mass is 351 g/mol. The van der Waals surface area contributed by atoms with Gasteiger partial charge in [0.15, 0.2) is 0 Å². The van der Waals surface area contributed by atoms with Crippen LogP contribution in [-0.2, 0) is 6.54 Å². The van der Waals surface area contributed by atoms with Crippen LogP contribution in [0.4, 0.5) is 5.69 Å². The fourth-order valence-electron chi connectivity index (χ4n) is 1.99. The Kier molecular flexibility index (Phi) is 3.78. The molecule has 4 heteroatoms. The average molecular weight is 353 g/mol. The van der Waals surface area contributed by atoms with Crippen LogP contribution in [0.5, 0.6) is 0 Å². The van der Waals surface area contributed by atoms with E-state index in [0.29, 0.717) is 0 Å². The summed E-state index contributed by atoms with van der Waals surface area (Å²) in [6, 6.07) is 14.3. The Labute approximate surface area is 129 Å². The van der Waals surface area contributed by atoms with Crippen molar-refractivity contribution in [3.8, 4) is 0 Å². The van der Waals surface area contributed by atoms with E-state index in [1.54, 1.807) is 11.3 Å². The first-order valence-electron chi connectivity index (χ1n) is 5.88. The molecule has 0 atom stereocenters. The molecule has 0 aliphatic carbocycles. The summed E-state index contributed by atoms with van der Waals surface area (Å²) in [7, 11) is 0. The summed E-state index contributed by atoms with van der Waals surface area (Å²) < 4.78 is 2.34. The first-order valence-corrected chi connectivity index (χ1v) is 7.93. The van der Waals surface area contributed by atoms with Gasteiger partial charge in [-0.2, -0.15) is 0 Å². The summed E-state index contributed by atoms with van der Waals surface area (Å²) in [4.78, 5) is 0. The lowest BCUT2D eigenvalue weighted by Gasteiger charge is -2.08. The number of benzene rings is 2. The van der Waals surface area contributed by atoms with E-state index in [1.807, 2.05) is 18.2 Å². The molecule has 96 valence electrons. The average Bonchev–Trinajstić information content (AvgIpc) is 2.83. The SMILES string of the molecule is Clc1ccc(Br)cc1NCc1csc2ccccc12. The number of halogens is 2. The van der Waals surface area contributed by atoms with Crippen LogP contribution in [-0.4, -0.2) is 0 Å². The molecular formula is C15H11BrClNS. The summed E-state index contributed by atoms with van der Waals surface area (Å²) >= 11 is 11.4. The van der Waals surface area contributed by atoms with E-state index < -0.39 is 0 Å². The van der Waals surface area contributed by atoms with Crippen LogP contribution in [0.1, 0.15) is 5.56 Å². The topological polar surface area (TPSA) is 12.0 Å². The Bertz CT molecular complexity index is 723. The van der Waals surface area contributed by atoms with E-state index in [2.05, 4.69) is 50.9 Å². The molecular weight excluding hydrogens is 342 g/mol. The second-order valence-electron chi connectivity index (χ2n) is 4.23. The highest BCUT2D eigenvalue weighted by Gasteiger charge is 2.05. The Morgan fingerprint density at radius 3 is 2.89 bits per heavy atom. The van der Waals surface area contributed by atoms with Gasteiger partial charge < -0.3 is 5.32 Å². The molecule has 0 saturated heterocycles. The molecule has 3 aromatic rings. The highest BCUT2D eigenvalue weighted by atomic mass is 79.9. The molecule has 0 fully saturated rings. The van der Waals surface area contributed by atoms with Crippen LogP contribution in [0, 0.1) is 0 Å². The van der Waals surface area contributed by atoms with Gasteiger partial charge in [0.2, 0.25) is 0 Å². The van der Waals surface area contributed by atoms with Crippen LogP contribution in [0.2, 0.25) is 5.02 Å². The fraction of sp³-hybridized carbons (Fsp3) is 0.0667. The second kappa shape index (κ2) is 5.53. The number of fused-ring (bicyclic) bond motifs is 1. The molecule has 0 spiro atoms. The van der Waals surface area contributed by atoms with E-state index in [1.165, 1.54) is 15.6 Å². The van der Waals surface area contributed by atoms with Crippen molar-refractivity contribution < 1.29 is 0 Å². The molecule has 0 bridgehead atoms. The number of rotatable bonds is 3. The Morgan fingerprint density at radius 2 is 2.00 bits per heavy atom. The maximum Gasteiger partial charge on any atom is 0.0638 e. The number of anilines is 1. The van der Waals surface area contributed by atoms with Crippen molar-refractivity contribution in [3.05, 3.63) is 62.9 Å². The quantitative estimate of drug-likeness (QED) is 0.616. The maximum atomic E-state index is 6.17. The predicted molar refractivity (Wildman–Crippen MR) is 88.3 cm³/mol. The first kappa shape index (κ1) is 13.0. The van der Waals surface area contributed by atoms with Crippen LogP contribution in [0.15, 0.2) is 52.3 Å². The Hall–Kier alpha value is -1.03. The van der Waals surface area contributed by atoms with Crippen LogP contribution in [0.25, 0.3) is 10.1 Å². The van der Waals surface area contributed by atoms with Gasteiger partial charge >= 0.3 is 0 Å². The van der Waals surface area contributed by atoms with Crippen molar-refractivity contribution in [2.45, 2.75) is 6.54 Å². The smallest absolute Gasteiger partial charge is 0.0638 e. The van der Waals surface area contributed by atoms with Crippen LogP contribution >= 0.6 is 38.9 Å². The van der Waals surface area contributed by atoms with Crippen molar-refractivity contribution >= 4 is 54.6 Å². The zero-order valence-electron chi connectivity index (χ0n) is 9.99. The molecule has 3 rings (SSSR count). The predicted octanol–water partition coefficient (Wildman–Crippen LogP) is 5.93. The molecule has 0 aliphatic rings. The normalized spacial score (nSPS) is 10.8. The highest BCUT2D eigenvalue weighted by Crippen LogP contribution is 2.29. The van der Waals surface area contributed by atoms with Crippen molar-refractivity contribution in [1.29, 1.82) is 0 Å². The highest BCUT2D eigenvalue weighted by molar-refractivity contribution is 9.10. The first-order chi connectivity index (χ1) is 9.24. The van der Waals surface area contributed by atoms with Gasteiger partial charge in [0.1, 0.15) is 0 Å². The molecule has 1 heterocycles. The van der Waals surface area contributed by atoms with Crippen molar-refractivity contribution in [3.63, 3.8) is 0 Å². The lowest BCUT2D eigenvalue weighted by atomic mass is 10.2. The molecule has 0 amide bonds. The maximum absolute atomic E-state index is 6.17. The van der Waals surface area contributed by atoms with Gasteiger partial charge in [-0.3, -0.25) is 0 Å². The molecule has 1 nitrogen and oxygen atoms in total. The fourth-order valence-corrected chi connectivity index (χ4v) is 3.50. The van der Waals surface area contributed by atoms with Crippen molar-refractivity contribution in [1.82, 2.24) is 0 Å². The summed E-state index contributed by atoms with van der Waals surface area (Å²) in [5, 5.41) is 7.64. The summed E-state index contributed by atoms with van der Waals surface area (Å²) in [6.45, 7) is 0.778. The van der Waals surface area contributed by atoms with Crippen molar-refractivity contribution in [2.75, 3.05) is 5.32 Å². The third kappa shape index (κ3) is 2.78. The minimum atomic E-state index is 0.739. The van der Waals surface area contributed by atoms with Crippen molar-refractivity contribution in [2.24, 2.45) is 0 Å². The Balaban J connectivity index is 1.84. The molecule has 0 unspecified atom stereocenters.